The number of likely N-dealkylation sites (N-methyl/N-ethyl adjacent to an activating group) is 1. The molecule has 3 rings (SSSR count). The van der Waals surface area contributed by atoms with Crippen molar-refractivity contribution in [2.75, 3.05) is 20.1 Å². The zero-order chi connectivity index (χ0) is 12.5. The third kappa shape index (κ3) is 1.85. The highest BCUT2D eigenvalue weighted by Gasteiger charge is 2.18. The monoisotopic (exact) mass is 242 g/mol. The lowest BCUT2D eigenvalue weighted by Crippen LogP contribution is -2.25. The van der Waals surface area contributed by atoms with E-state index < -0.39 is 0 Å². The fraction of sp³-hybridized carbons (Fsp3) is 0.500. The van der Waals surface area contributed by atoms with Crippen molar-refractivity contribution in [2.45, 2.75) is 32.7 Å². The number of hydrogen-bond acceptors (Lipinski definition) is 1. The second-order valence-electron chi connectivity index (χ2n) is 5.34. The second kappa shape index (κ2) is 4.77. The third-order valence-electron chi connectivity index (χ3n) is 4.21. The molecule has 2 heterocycles. The van der Waals surface area contributed by atoms with Crippen molar-refractivity contribution >= 4 is 10.9 Å². The van der Waals surface area contributed by atoms with Crippen molar-refractivity contribution in [2.24, 2.45) is 0 Å². The van der Waals surface area contributed by atoms with E-state index in [0.717, 1.165) is 6.54 Å². The molecule has 0 atom stereocenters. The van der Waals surface area contributed by atoms with E-state index in [1.165, 1.54) is 43.3 Å². The van der Waals surface area contributed by atoms with E-state index in [1.807, 2.05) is 0 Å². The van der Waals surface area contributed by atoms with Gasteiger partial charge in [-0.05, 0) is 51.4 Å². The van der Waals surface area contributed by atoms with E-state index in [1.54, 1.807) is 11.3 Å². The minimum absolute atomic E-state index is 1.09. The predicted molar refractivity (Wildman–Crippen MR) is 77.1 cm³/mol. The summed E-state index contributed by atoms with van der Waals surface area (Å²) >= 11 is 0. The van der Waals surface area contributed by atoms with Crippen LogP contribution in [0.1, 0.15) is 24.6 Å². The zero-order valence-corrected chi connectivity index (χ0v) is 11.4. The van der Waals surface area contributed by atoms with Gasteiger partial charge in [0.2, 0.25) is 0 Å². The molecule has 2 heteroatoms. The van der Waals surface area contributed by atoms with Crippen LogP contribution >= 0.6 is 0 Å². The highest BCUT2D eigenvalue weighted by Crippen LogP contribution is 2.28. The summed E-state index contributed by atoms with van der Waals surface area (Å²) in [6.45, 7) is 5.76. The van der Waals surface area contributed by atoms with Gasteiger partial charge in [0.1, 0.15) is 0 Å². The van der Waals surface area contributed by atoms with Crippen molar-refractivity contribution in [1.29, 1.82) is 0 Å². The van der Waals surface area contributed by atoms with E-state index in [9.17, 15) is 0 Å². The Labute approximate surface area is 109 Å². The Balaban J connectivity index is 2.18. The number of aromatic nitrogens is 1. The van der Waals surface area contributed by atoms with Crippen LogP contribution in [0.4, 0.5) is 0 Å². The minimum atomic E-state index is 1.09. The van der Waals surface area contributed by atoms with Crippen LogP contribution in [0.2, 0.25) is 0 Å². The van der Waals surface area contributed by atoms with Crippen LogP contribution in [-0.2, 0) is 19.4 Å². The molecule has 0 bridgehead atoms. The number of hydrogen-bond donors (Lipinski definition) is 0. The highest BCUT2D eigenvalue weighted by atomic mass is 15.1. The van der Waals surface area contributed by atoms with Gasteiger partial charge in [-0.3, -0.25) is 0 Å². The Morgan fingerprint density at radius 3 is 2.78 bits per heavy atom. The average molecular weight is 242 g/mol. The molecule has 0 saturated heterocycles. The van der Waals surface area contributed by atoms with Crippen LogP contribution in [0.5, 0.6) is 0 Å². The summed E-state index contributed by atoms with van der Waals surface area (Å²) in [5.74, 6) is 0. The van der Waals surface area contributed by atoms with Gasteiger partial charge in [-0.1, -0.05) is 18.2 Å². The molecule has 0 unspecified atom stereocenters. The largest absolute Gasteiger partial charge is 0.345 e. The summed E-state index contributed by atoms with van der Waals surface area (Å²) in [5, 5.41) is 1.48. The Hall–Kier alpha value is -1.28. The molecule has 0 spiro atoms. The molecule has 1 aromatic carbocycles. The van der Waals surface area contributed by atoms with Crippen molar-refractivity contribution in [3.05, 3.63) is 35.5 Å². The van der Waals surface area contributed by atoms with E-state index in [-0.39, 0.29) is 0 Å². The van der Waals surface area contributed by atoms with Gasteiger partial charge < -0.3 is 9.47 Å². The predicted octanol–water partition coefficient (Wildman–Crippen LogP) is 3.08. The summed E-state index contributed by atoms with van der Waals surface area (Å²) in [4.78, 5) is 2.46. The number of aryl methyl sites for hydroxylation is 1. The molecular formula is C16H22N2. The summed E-state index contributed by atoms with van der Waals surface area (Å²) in [7, 11) is 2.24. The molecular weight excluding hydrogens is 220 g/mol. The van der Waals surface area contributed by atoms with Crippen LogP contribution in [0.15, 0.2) is 24.3 Å². The van der Waals surface area contributed by atoms with Crippen molar-refractivity contribution in [3.63, 3.8) is 0 Å². The maximum absolute atomic E-state index is 2.52. The van der Waals surface area contributed by atoms with E-state index >= 15 is 0 Å². The van der Waals surface area contributed by atoms with Crippen molar-refractivity contribution < 1.29 is 0 Å². The van der Waals surface area contributed by atoms with E-state index in [0.29, 0.717) is 0 Å². The summed E-state index contributed by atoms with van der Waals surface area (Å²) < 4.78 is 2.52. The van der Waals surface area contributed by atoms with Crippen LogP contribution in [0.3, 0.4) is 0 Å². The fourth-order valence-corrected chi connectivity index (χ4v) is 3.28. The zero-order valence-electron chi connectivity index (χ0n) is 11.4. The first-order chi connectivity index (χ1) is 8.81. The molecule has 2 aromatic rings. The summed E-state index contributed by atoms with van der Waals surface area (Å²) in [6, 6.07) is 8.90. The maximum atomic E-state index is 2.52. The molecule has 96 valence electrons. The molecule has 0 fully saturated rings. The summed E-state index contributed by atoms with van der Waals surface area (Å²) in [6.07, 6.45) is 3.70. The van der Waals surface area contributed by atoms with Gasteiger partial charge in [-0.15, -0.1) is 0 Å². The molecule has 0 radical (unpaired) electrons. The fourth-order valence-electron chi connectivity index (χ4n) is 3.28. The quantitative estimate of drug-likeness (QED) is 0.746. The van der Waals surface area contributed by atoms with E-state index in [4.69, 9.17) is 0 Å². The van der Waals surface area contributed by atoms with Crippen molar-refractivity contribution in [1.82, 2.24) is 9.47 Å². The van der Waals surface area contributed by atoms with E-state index in [2.05, 4.69) is 47.7 Å². The van der Waals surface area contributed by atoms with Gasteiger partial charge in [0.15, 0.2) is 0 Å². The molecule has 1 aliphatic heterocycles. The molecule has 0 amide bonds. The number of nitrogens with zero attached hydrogens (tertiary/aromatic N) is 2. The Morgan fingerprint density at radius 2 is 1.94 bits per heavy atom. The number of benzene rings is 1. The smallest absolute Gasteiger partial charge is 0.0485 e. The number of para-hydroxylation sites is 1. The topological polar surface area (TPSA) is 8.17 Å². The average Bonchev–Trinajstić information content (AvgIpc) is 2.66. The standard InChI is InChI=1S/C16H22N2/c1-3-18-15-8-5-4-7-13(15)14-10-12-17(2)11-6-9-16(14)18/h4-5,7-8H,3,6,9-12H2,1-2H3. The Morgan fingerprint density at radius 1 is 1.11 bits per heavy atom. The SMILES string of the molecule is CCn1c2c(c3ccccc31)CCN(C)CCC2. The first-order valence-electron chi connectivity index (χ1n) is 7.08. The molecule has 18 heavy (non-hydrogen) atoms. The van der Waals surface area contributed by atoms with Crippen molar-refractivity contribution in [3.8, 4) is 0 Å². The van der Waals surface area contributed by atoms with Gasteiger partial charge in [0.25, 0.3) is 0 Å². The molecule has 1 aliphatic rings. The molecule has 0 N–H and O–H groups in total. The van der Waals surface area contributed by atoms with Crippen LogP contribution in [0, 0.1) is 0 Å². The molecule has 0 saturated carbocycles. The van der Waals surface area contributed by atoms with Crippen LogP contribution < -0.4 is 0 Å². The number of fused-ring (bicyclic) bond motifs is 3. The first kappa shape index (κ1) is 11.8. The van der Waals surface area contributed by atoms with Gasteiger partial charge in [-0.25, -0.2) is 0 Å². The summed E-state index contributed by atoms with van der Waals surface area (Å²) in [5.41, 5.74) is 4.61. The van der Waals surface area contributed by atoms with Gasteiger partial charge in [0, 0.05) is 29.7 Å². The molecule has 2 nitrogen and oxygen atoms in total. The Kier molecular flexibility index (Phi) is 3.13. The van der Waals surface area contributed by atoms with Crippen LogP contribution in [0.25, 0.3) is 10.9 Å². The maximum Gasteiger partial charge on any atom is 0.0485 e. The lowest BCUT2D eigenvalue weighted by atomic mass is 10.0. The Bertz CT molecular complexity index is 553. The lowest BCUT2D eigenvalue weighted by molar-refractivity contribution is 0.326. The molecule has 0 aliphatic carbocycles. The lowest BCUT2D eigenvalue weighted by Gasteiger charge is -2.21. The van der Waals surface area contributed by atoms with Gasteiger partial charge >= 0.3 is 0 Å². The third-order valence-corrected chi connectivity index (χ3v) is 4.21. The van der Waals surface area contributed by atoms with Gasteiger partial charge in [-0.2, -0.15) is 0 Å². The highest BCUT2D eigenvalue weighted by molar-refractivity contribution is 5.85. The molecule has 1 aromatic heterocycles. The first-order valence-corrected chi connectivity index (χ1v) is 7.08. The second-order valence-corrected chi connectivity index (χ2v) is 5.34. The van der Waals surface area contributed by atoms with Crippen LogP contribution in [-0.4, -0.2) is 29.6 Å². The normalized spacial score (nSPS) is 17.4. The van der Waals surface area contributed by atoms with Gasteiger partial charge in [0.05, 0.1) is 0 Å². The minimum Gasteiger partial charge on any atom is -0.345 e. The number of rotatable bonds is 1.